The smallest absolute Gasteiger partial charge is 0.303 e. The lowest BCUT2D eigenvalue weighted by atomic mass is 9.93. The third-order valence-corrected chi connectivity index (χ3v) is 7.49. The van der Waals surface area contributed by atoms with Crippen molar-refractivity contribution in [2.45, 2.75) is 58.0 Å². The van der Waals surface area contributed by atoms with Crippen LogP contribution in [0.1, 0.15) is 51.0 Å². The molecule has 2 aromatic heterocycles. The zero-order valence-corrected chi connectivity index (χ0v) is 23.1. The van der Waals surface area contributed by atoms with Crippen LogP contribution >= 0.6 is 0 Å². The molecule has 1 saturated heterocycles. The van der Waals surface area contributed by atoms with Crippen LogP contribution in [0, 0.1) is 5.92 Å². The molecule has 0 radical (unpaired) electrons. The van der Waals surface area contributed by atoms with Crippen molar-refractivity contribution in [1.29, 1.82) is 0 Å². The summed E-state index contributed by atoms with van der Waals surface area (Å²) in [6.45, 7) is 5.55. The van der Waals surface area contributed by atoms with Crippen LogP contribution in [0.15, 0.2) is 54.9 Å². The zero-order chi connectivity index (χ0) is 27.6. The second-order valence-corrected chi connectivity index (χ2v) is 10.4. The maximum absolute atomic E-state index is 11.0. The number of aliphatic carboxylic acids is 1. The minimum atomic E-state index is -0.696. The normalized spacial score (nSPS) is 15.2. The van der Waals surface area contributed by atoms with E-state index in [1.54, 1.807) is 6.20 Å². The van der Waals surface area contributed by atoms with Crippen LogP contribution in [0.3, 0.4) is 0 Å². The Morgan fingerprint density at radius 1 is 1.18 bits per heavy atom. The molecule has 39 heavy (non-hydrogen) atoms. The van der Waals surface area contributed by atoms with Gasteiger partial charge in [0.2, 0.25) is 5.95 Å². The first-order valence-electron chi connectivity index (χ1n) is 14.0. The number of aromatic nitrogens is 3. The fourth-order valence-corrected chi connectivity index (χ4v) is 5.30. The standard InChI is InChI=1S/C30H41N7O2/c1-3-5-26(10-14-31)36(2)28-9-8-24(20-33-28)27-11-15-32-30(35-27)34-25-7-4-6-23(18-25)21-37-16-12-22(13-17-37)19-29(38)39/h4,6-9,11,15,18,20,22,26H,3,5,10,12-14,16-17,19,21,31H2,1-2H3,(H,38,39)(H,32,34,35). The summed E-state index contributed by atoms with van der Waals surface area (Å²) in [5.41, 5.74) is 9.70. The Kier molecular flexibility index (Phi) is 10.2. The molecule has 1 atom stereocenters. The molecule has 0 spiro atoms. The number of benzene rings is 1. The highest BCUT2D eigenvalue weighted by Crippen LogP contribution is 2.25. The molecule has 9 nitrogen and oxygen atoms in total. The van der Waals surface area contributed by atoms with Gasteiger partial charge in [0.25, 0.3) is 0 Å². The number of carboxylic acid groups (broad SMARTS) is 1. The van der Waals surface area contributed by atoms with Crippen LogP contribution in [-0.2, 0) is 11.3 Å². The van der Waals surface area contributed by atoms with Crippen LogP contribution in [-0.4, -0.2) is 63.7 Å². The number of piperidine rings is 1. The molecule has 1 aromatic carbocycles. The number of anilines is 3. The third-order valence-electron chi connectivity index (χ3n) is 7.49. The molecule has 1 aliphatic heterocycles. The van der Waals surface area contributed by atoms with E-state index in [1.165, 1.54) is 5.56 Å². The molecular formula is C30H41N7O2. The Labute approximate surface area is 231 Å². The fraction of sp³-hybridized carbons (Fsp3) is 0.467. The molecule has 0 saturated carbocycles. The molecule has 208 valence electrons. The molecular weight excluding hydrogens is 490 g/mol. The van der Waals surface area contributed by atoms with Gasteiger partial charge >= 0.3 is 5.97 Å². The van der Waals surface area contributed by atoms with Gasteiger partial charge < -0.3 is 21.1 Å². The lowest BCUT2D eigenvalue weighted by Gasteiger charge is -2.31. The van der Waals surface area contributed by atoms with Gasteiger partial charge in [0.15, 0.2) is 0 Å². The number of likely N-dealkylation sites (tertiary alicyclic amines) is 1. The summed E-state index contributed by atoms with van der Waals surface area (Å²) < 4.78 is 0. The van der Waals surface area contributed by atoms with Gasteiger partial charge in [-0.2, -0.15) is 0 Å². The molecule has 4 rings (SSSR count). The topological polar surface area (TPSA) is 121 Å². The van der Waals surface area contributed by atoms with E-state index in [2.05, 4.69) is 52.3 Å². The first-order chi connectivity index (χ1) is 18.9. The van der Waals surface area contributed by atoms with E-state index in [0.29, 0.717) is 18.5 Å². The lowest BCUT2D eigenvalue weighted by molar-refractivity contribution is -0.138. The molecule has 1 unspecified atom stereocenters. The second kappa shape index (κ2) is 14.0. The van der Waals surface area contributed by atoms with E-state index in [9.17, 15) is 4.79 Å². The van der Waals surface area contributed by atoms with Crippen molar-refractivity contribution in [1.82, 2.24) is 19.9 Å². The molecule has 0 bridgehead atoms. The van der Waals surface area contributed by atoms with E-state index >= 15 is 0 Å². The molecule has 4 N–H and O–H groups in total. The van der Waals surface area contributed by atoms with Gasteiger partial charge in [0, 0.05) is 49.7 Å². The molecule has 3 aromatic rings. The van der Waals surface area contributed by atoms with Crippen LogP contribution in [0.4, 0.5) is 17.5 Å². The van der Waals surface area contributed by atoms with E-state index in [0.717, 1.165) is 74.5 Å². The van der Waals surface area contributed by atoms with Crippen LogP contribution in [0.25, 0.3) is 11.3 Å². The summed E-state index contributed by atoms with van der Waals surface area (Å²) in [7, 11) is 2.08. The fourth-order valence-electron chi connectivity index (χ4n) is 5.30. The average Bonchev–Trinajstić information content (AvgIpc) is 2.94. The summed E-state index contributed by atoms with van der Waals surface area (Å²) in [6, 6.07) is 14.7. The van der Waals surface area contributed by atoms with Gasteiger partial charge in [-0.3, -0.25) is 9.69 Å². The van der Waals surface area contributed by atoms with Gasteiger partial charge in [-0.05, 0) is 87.1 Å². The largest absolute Gasteiger partial charge is 0.481 e. The van der Waals surface area contributed by atoms with E-state index < -0.39 is 5.97 Å². The van der Waals surface area contributed by atoms with E-state index in [-0.39, 0.29) is 12.3 Å². The molecule has 3 heterocycles. The van der Waals surface area contributed by atoms with Gasteiger partial charge in [-0.25, -0.2) is 15.0 Å². The maximum atomic E-state index is 11.0. The summed E-state index contributed by atoms with van der Waals surface area (Å²) in [6.07, 6.45) is 8.91. The van der Waals surface area contributed by atoms with Gasteiger partial charge in [0.1, 0.15) is 5.82 Å². The molecule has 0 aliphatic carbocycles. The first kappa shape index (κ1) is 28.4. The number of pyridine rings is 1. The number of nitrogens with two attached hydrogens (primary N) is 1. The summed E-state index contributed by atoms with van der Waals surface area (Å²) in [5, 5.41) is 12.4. The summed E-state index contributed by atoms with van der Waals surface area (Å²) in [4.78, 5) is 29.5. The van der Waals surface area contributed by atoms with E-state index in [1.807, 2.05) is 30.5 Å². The van der Waals surface area contributed by atoms with Crippen molar-refractivity contribution in [2.75, 3.05) is 36.9 Å². The minimum Gasteiger partial charge on any atom is -0.481 e. The number of rotatable bonds is 13. The van der Waals surface area contributed by atoms with Crippen molar-refractivity contribution in [2.24, 2.45) is 11.7 Å². The second-order valence-electron chi connectivity index (χ2n) is 10.4. The van der Waals surface area contributed by atoms with Gasteiger partial charge in [-0.15, -0.1) is 0 Å². The van der Waals surface area contributed by atoms with Crippen LogP contribution < -0.4 is 16.0 Å². The monoisotopic (exact) mass is 531 g/mol. The van der Waals surface area contributed by atoms with Gasteiger partial charge in [0.05, 0.1) is 5.69 Å². The van der Waals surface area contributed by atoms with Crippen molar-refractivity contribution >= 4 is 23.4 Å². The molecule has 1 fully saturated rings. The Hall–Kier alpha value is -3.56. The highest BCUT2D eigenvalue weighted by Gasteiger charge is 2.21. The highest BCUT2D eigenvalue weighted by molar-refractivity contribution is 5.67. The van der Waals surface area contributed by atoms with Crippen molar-refractivity contribution in [3.63, 3.8) is 0 Å². The Bertz CT molecular complexity index is 1190. The quantitative estimate of drug-likeness (QED) is 0.282. The number of hydrogen-bond acceptors (Lipinski definition) is 8. The van der Waals surface area contributed by atoms with Crippen molar-refractivity contribution < 1.29 is 9.90 Å². The highest BCUT2D eigenvalue weighted by atomic mass is 16.4. The third kappa shape index (κ3) is 8.21. The minimum absolute atomic E-state index is 0.276. The number of nitrogens with zero attached hydrogens (tertiary/aromatic N) is 5. The number of carbonyl (C=O) groups is 1. The Morgan fingerprint density at radius 3 is 2.69 bits per heavy atom. The number of nitrogens with one attached hydrogen (secondary N) is 1. The van der Waals surface area contributed by atoms with Crippen LogP contribution in [0.5, 0.6) is 0 Å². The van der Waals surface area contributed by atoms with Crippen molar-refractivity contribution in [3.8, 4) is 11.3 Å². The first-order valence-corrected chi connectivity index (χ1v) is 14.0. The Balaban J connectivity index is 1.37. The average molecular weight is 532 g/mol. The van der Waals surface area contributed by atoms with Crippen molar-refractivity contribution in [3.05, 3.63) is 60.4 Å². The SMILES string of the molecule is CCCC(CCN)N(C)c1ccc(-c2ccnc(Nc3cccc(CN4CCC(CC(=O)O)CC4)c3)n2)cn1. The summed E-state index contributed by atoms with van der Waals surface area (Å²) in [5.74, 6) is 1.06. The zero-order valence-electron chi connectivity index (χ0n) is 23.1. The number of hydrogen-bond donors (Lipinski definition) is 3. The molecule has 9 heteroatoms. The van der Waals surface area contributed by atoms with E-state index in [4.69, 9.17) is 20.8 Å². The molecule has 0 amide bonds. The molecule has 1 aliphatic rings. The van der Waals surface area contributed by atoms with Gasteiger partial charge in [-0.1, -0.05) is 25.5 Å². The number of carboxylic acids is 1. The predicted octanol–water partition coefficient (Wildman–Crippen LogP) is 4.92. The lowest BCUT2D eigenvalue weighted by Crippen LogP contribution is -2.34. The predicted molar refractivity (Wildman–Crippen MR) is 156 cm³/mol. The Morgan fingerprint density at radius 2 is 2.00 bits per heavy atom. The summed E-state index contributed by atoms with van der Waals surface area (Å²) >= 11 is 0. The van der Waals surface area contributed by atoms with Crippen LogP contribution in [0.2, 0.25) is 0 Å². The maximum Gasteiger partial charge on any atom is 0.303 e.